The third kappa shape index (κ3) is 3.28. The summed E-state index contributed by atoms with van der Waals surface area (Å²) in [4.78, 5) is 0. The molecule has 116 valence electrons. The molecule has 0 aromatic rings. The molecule has 2 rings (SSSR count). The molecule has 4 atom stereocenters. The Morgan fingerprint density at radius 1 is 1.30 bits per heavy atom. The lowest BCUT2D eigenvalue weighted by molar-refractivity contribution is -0.0110. The molecule has 2 fully saturated rings. The van der Waals surface area contributed by atoms with E-state index in [1.165, 1.54) is 31.3 Å². The molecule has 0 aliphatic heterocycles. The van der Waals surface area contributed by atoms with Crippen LogP contribution in [0.3, 0.4) is 0 Å². The average Bonchev–Trinajstić information content (AvgIpc) is 2.66. The second kappa shape index (κ2) is 5.81. The zero-order valence-electron chi connectivity index (χ0n) is 13.7. The Bertz CT molecular complexity index is 366. The topological polar surface area (TPSA) is 40.5 Å². The first-order chi connectivity index (χ1) is 9.24. The molecule has 20 heavy (non-hydrogen) atoms. The van der Waals surface area contributed by atoms with Crippen LogP contribution in [0, 0.1) is 17.3 Å². The van der Waals surface area contributed by atoms with E-state index in [9.17, 15) is 10.2 Å². The summed E-state index contributed by atoms with van der Waals surface area (Å²) in [5, 5.41) is 20.1. The number of aliphatic hydroxyl groups is 2. The second-order valence-corrected chi connectivity index (χ2v) is 8.00. The number of aliphatic hydroxyl groups excluding tert-OH is 1. The summed E-state index contributed by atoms with van der Waals surface area (Å²) in [7, 11) is 0. The van der Waals surface area contributed by atoms with Crippen molar-refractivity contribution in [1.82, 2.24) is 0 Å². The number of hydrogen-bond donors (Lipinski definition) is 2. The summed E-state index contributed by atoms with van der Waals surface area (Å²) in [6.07, 6.45) is 9.85. The molecule has 0 unspecified atom stereocenters. The van der Waals surface area contributed by atoms with Gasteiger partial charge in [0.05, 0.1) is 11.7 Å². The van der Waals surface area contributed by atoms with Gasteiger partial charge < -0.3 is 10.2 Å². The van der Waals surface area contributed by atoms with E-state index in [1.807, 2.05) is 13.8 Å². The van der Waals surface area contributed by atoms with E-state index in [0.29, 0.717) is 17.3 Å². The van der Waals surface area contributed by atoms with Gasteiger partial charge in [0.25, 0.3) is 0 Å². The van der Waals surface area contributed by atoms with Crippen molar-refractivity contribution in [3.63, 3.8) is 0 Å². The van der Waals surface area contributed by atoms with E-state index < -0.39 is 5.60 Å². The van der Waals surface area contributed by atoms with Gasteiger partial charge in [0.2, 0.25) is 0 Å². The molecule has 0 aromatic heterocycles. The smallest absolute Gasteiger partial charge is 0.0594 e. The van der Waals surface area contributed by atoms with Gasteiger partial charge in [-0.1, -0.05) is 25.0 Å². The van der Waals surface area contributed by atoms with Crippen molar-refractivity contribution in [2.75, 3.05) is 0 Å². The molecule has 2 aliphatic carbocycles. The molecule has 0 radical (unpaired) electrons. The minimum Gasteiger partial charge on any atom is -0.393 e. The summed E-state index contributed by atoms with van der Waals surface area (Å²) in [6, 6.07) is 0. The number of hydrogen-bond acceptors (Lipinski definition) is 2. The lowest BCUT2D eigenvalue weighted by atomic mass is 9.63. The number of rotatable bonds is 4. The number of allylic oxidation sites excluding steroid dienone is 2. The van der Waals surface area contributed by atoms with Gasteiger partial charge >= 0.3 is 0 Å². The SMILES string of the molecule is C/C(=C\CCC(C)(C)O)[C@H]1CC[C@H]2[C@@H](O)CCC[C@]12C. The highest BCUT2D eigenvalue weighted by atomic mass is 16.3. The normalized spacial score (nSPS) is 38.9. The summed E-state index contributed by atoms with van der Waals surface area (Å²) in [6.45, 7) is 8.40. The highest BCUT2D eigenvalue weighted by Gasteiger charge is 2.51. The van der Waals surface area contributed by atoms with Crippen molar-refractivity contribution in [2.24, 2.45) is 17.3 Å². The Kier molecular flexibility index (Phi) is 4.66. The van der Waals surface area contributed by atoms with Crippen molar-refractivity contribution in [3.8, 4) is 0 Å². The zero-order chi connectivity index (χ0) is 15.0. The zero-order valence-corrected chi connectivity index (χ0v) is 13.7. The van der Waals surface area contributed by atoms with Crippen molar-refractivity contribution >= 4 is 0 Å². The Hall–Kier alpha value is -0.340. The fourth-order valence-electron chi connectivity index (χ4n) is 4.69. The average molecular weight is 280 g/mol. The largest absolute Gasteiger partial charge is 0.393 e. The van der Waals surface area contributed by atoms with Crippen LogP contribution in [-0.4, -0.2) is 21.9 Å². The van der Waals surface area contributed by atoms with Crippen LogP contribution in [-0.2, 0) is 0 Å². The van der Waals surface area contributed by atoms with Gasteiger partial charge in [-0.05, 0) is 76.5 Å². The summed E-state index contributed by atoms with van der Waals surface area (Å²) in [5.74, 6) is 1.13. The highest BCUT2D eigenvalue weighted by molar-refractivity contribution is 5.15. The monoisotopic (exact) mass is 280 g/mol. The van der Waals surface area contributed by atoms with Gasteiger partial charge in [-0.15, -0.1) is 0 Å². The van der Waals surface area contributed by atoms with Crippen LogP contribution < -0.4 is 0 Å². The van der Waals surface area contributed by atoms with Gasteiger partial charge in [-0.2, -0.15) is 0 Å². The van der Waals surface area contributed by atoms with E-state index in [1.54, 1.807) is 0 Å². The lowest BCUT2D eigenvalue weighted by Gasteiger charge is -2.43. The Labute approximate surface area is 124 Å². The van der Waals surface area contributed by atoms with Crippen LogP contribution in [0.25, 0.3) is 0 Å². The third-order valence-corrected chi connectivity index (χ3v) is 5.86. The van der Waals surface area contributed by atoms with Gasteiger partial charge in [0, 0.05) is 0 Å². The molecule has 2 nitrogen and oxygen atoms in total. The minimum absolute atomic E-state index is 0.0806. The van der Waals surface area contributed by atoms with Crippen molar-refractivity contribution < 1.29 is 10.2 Å². The minimum atomic E-state index is -0.570. The quantitative estimate of drug-likeness (QED) is 0.762. The highest BCUT2D eigenvalue weighted by Crippen LogP contribution is 2.57. The molecule has 0 saturated heterocycles. The summed E-state index contributed by atoms with van der Waals surface area (Å²) in [5.41, 5.74) is 1.21. The Morgan fingerprint density at radius 3 is 2.65 bits per heavy atom. The van der Waals surface area contributed by atoms with E-state index in [4.69, 9.17) is 0 Å². The van der Waals surface area contributed by atoms with Crippen molar-refractivity contribution in [2.45, 2.75) is 84.3 Å². The van der Waals surface area contributed by atoms with Crippen LogP contribution in [0.15, 0.2) is 11.6 Å². The van der Waals surface area contributed by atoms with E-state index in [0.717, 1.165) is 19.3 Å². The molecule has 2 aliphatic rings. The molecule has 2 heteroatoms. The lowest BCUT2D eigenvalue weighted by Crippen LogP contribution is -2.40. The standard InChI is InChI=1S/C18H32O2/c1-13(7-5-11-17(2,3)20)14-9-10-15-16(19)8-6-12-18(14,15)4/h7,14-16,19-20H,5-6,8-12H2,1-4H3/b13-7+/t14-,15+,16+,18-/m1/s1. The Balaban J connectivity index is 2.03. The van der Waals surface area contributed by atoms with E-state index >= 15 is 0 Å². The maximum Gasteiger partial charge on any atom is 0.0594 e. The molecule has 0 amide bonds. The first kappa shape index (κ1) is 16.0. The molecule has 2 saturated carbocycles. The molecular formula is C18H32O2. The van der Waals surface area contributed by atoms with Crippen LogP contribution in [0.2, 0.25) is 0 Å². The van der Waals surface area contributed by atoms with Crippen LogP contribution in [0.4, 0.5) is 0 Å². The third-order valence-electron chi connectivity index (χ3n) is 5.86. The second-order valence-electron chi connectivity index (χ2n) is 8.00. The van der Waals surface area contributed by atoms with Crippen LogP contribution in [0.1, 0.15) is 72.6 Å². The summed E-state index contributed by atoms with van der Waals surface area (Å²) < 4.78 is 0. The molecule has 2 N–H and O–H groups in total. The first-order valence-electron chi connectivity index (χ1n) is 8.31. The predicted molar refractivity (Wildman–Crippen MR) is 83.5 cm³/mol. The predicted octanol–water partition coefficient (Wildman–Crippen LogP) is 4.06. The Morgan fingerprint density at radius 2 is 2.00 bits per heavy atom. The maximum atomic E-state index is 10.3. The fourth-order valence-corrected chi connectivity index (χ4v) is 4.69. The van der Waals surface area contributed by atoms with Crippen LogP contribution >= 0.6 is 0 Å². The molecule has 0 aromatic carbocycles. The van der Waals surface area contributed by atoms with E-state index in [2.05, 4.69) is 19.9 Å². The molecule has 0 bridgehead atoms. The molecular weight excluding hydrogens is 248 g/mol. The van der Waals surface area contributed by atoms with Crippen molar-refractivity contribution in [3.05, 3.63) is 11.6 Å². The van der Waals surface area contributed by atoms with Gasteiger partial charge in [0.15, 0.2) is 0 Å². The van der Waals surface area contributed by atoms with E-state index in [-0.39, 0.29) is 6.10 Å². The molecule has 0 heterocycles. The van der Waals surface area contributed by atoms with Gasteiger partial charge in [-0.25, -0.2) is 0 Å². The van der Waals surface area contributed by atoms with Gasteiger partial charge in [0.1, 0.15) is 0 Å². The summed E-state index contributed by atoms with van der Waals surface area (Å²) >= 11 is 0. The first-order valence-corrected chi connectivity index (χ1v) is 8.31. The van der Waals surface area contributed by atoms with Gasteiger partial charge in [-0.3, -0.25) is 0 Å². The van der Waals surface area contributed by atoms with Crippen LogP contribution in [0.5, 0.6) is 0 Å². The number of fused-ring (bicyclic) bond motifs is 1. The molecule has 0 spiro atoms. The maximum absolute atomic E-state index is 10.3. The fraction of sp³-hybridized carbons (Fsp3) is 0.889. The van der Waals surface area contributed by atoms with Crippen molar-refractivity contribution in [1.29, 1.82) is 0 Å².